The number of fused-ring (bicyclic) bond motifs is 1. The van der Waals surface area contributed by atoms with Crippen molar-refractivity contribution in [1.82, 2.24) is 0 Å². The smallest absolute Gasteiger partial charge is 0.484 e. The van der Waals surface area contributed by atoms with Crippen LogP contribution >= 0.6 is 0 Å². The van der Waals surface area contributed by atoms with E-state index in [0.29, 0.717) is 23.4 Å². The van der Waals surface area contributed by atoms with Crippen LogP contribution < -0.4 is 10.4 Å². The van der Waals surface area contributed by atoms with Gasteiger partial charge in [-0.1, -0.05) is 51.5 Å². The van der Waals surface area contributed by atoms with Crippen LogP contribution in [0.3, 0.4) is 0 Å². The maximum atomic E-state index is 14.1. The molecule has 8 nitrogen and oxygen atoms in total. The van der Waals surface area contributed by atoms with Crippen molar-refractivity contribution < 1.29 is 68.0 Å². The predicted octanol–water partition coefficient (Wildman–Crippen LogP) is 8.20. The number of benzene rings is 2. The summed E-state index contributed by atoms with van der Waals surface area (Å²) in [7, 11) is 0. The van der Waals surface area contributed by atoms with E-state index < -0.39 is 55.4 Å². The average molecular weight is 683 g/mol. The summed E-state index contributed by atoms with van der Waals surface area (Å²) >= 11 is 0. The molecule has 0 aliphatic carbocycles. The van der Waals surface area contributed by atoms with Crippen molar-refractivity contribution in [2.75, 3.05) is 13.2 Å². The first-order chi connectivity index (χ1) is 21.9. The predicted molar refractivity (Wildman–Crippen MR) is 150 cm³/mol. The van der Waals surface area contributed by atoms with Crippen LogP contribution in [0.1, 0.15) is 44.2 Å². The molecule has 0 saturated heterocycles. The molecule has 0 atom stereocenters. The van der Waals surface area contributed by atoms with E-state index in [1.807, 2.05) is 25.1 Å². The molecule has 0 fully saturated rings. The van der Waals surface area contributed by atoms with Gasteiger partial charge in [0.05, 0.1) is 5.56 Å². The number of halogens is 8. The topological polar surface area (TPSA) is 93.4 Å². The largest absolute Gasteiger partial charge is 0.496 e. The lowest BCUT2D eigenvalue weighted by Crippen LogP contribution is -2.46. The zero-order valence-corrected chi connectivity index (χ0v) is 25.1. The highest BCUT2D eigenvalue weighted by atomic mass is 19.3. The van der Waals surface area contributed by atoms with E-state index in [0.717, 1.165) is 48.9 Å². The Bertz CT molecular complexity index is 1610. The third kappa shape index (κ3) is 11.3. The third-order valence-electron chi connectivity index (χ3n) is 6.35. The lowest BCUT2D eigenvalue weighted by Gasteiger charge is -2.27. The van der Waals surface area contributed by atoms with Crippen molar-refractivity contribution in [2.45, 2.75) is 70.8 Å². The van der Waals surface area contributed by atoms with Crippen molar-refractivity contribution in [3.63, 3.8) is 0 Å². The van der Waals surface area contributed by atoms with Crippen LogP contribution in [-0.2, 0) is 36.6 Å². The molecule has 2 aromatic carbocycles. The van der Waals surface area contributed by atoms with Gasteiger partial charge in [0.25, 0.3) is 0 Å². The minimum Gasteiger partial charge on any atom is -0.484 e. The van der Waals surface area contributed by atoms with Crippen LogP contribution in [0.2, 0.25) is 0 Å². The van der Waals surface area contributed by atoms with E-state index in [2.05, 4.69) is 32.5 Å². The molecule has 0 saturated carbocycles. The molecule has 0 amide bonds. The Hall–Kier alpha value is -4.02. The molecule has 258 valence electrons. The first kappa shape index (κ1) is 37.4. The summed E-state index contributed by atoms with van der Waals surface area (Å²) in [6, 6.07) is 10.8. The maximum Gasteiger partial charge on any atom is 0.496 e. The van der Waals surface area contributed by atoms with Crippen molar-refractivity contribution in [3.05, 3.63) is 76.7 Å². The van der Waals surface area contributed by atoms with Gasteiger partial charge in [0, 0.05) is 17.5 Å². The van der Waals surface area contributed by atoms with Gasteiger partial charge in [-0.25, -0.2) is 23.8 Å². The number of rotatable bonds is 18. The standard InChI is InChI=1S/C31H30F8O8/c1-4-7-8-9-19-10-13-23(20(5-2)14-19)24-15-21-11-12-22(16-25(21)44-27(24)41)42-17-28(32,33)45-30(36,37)47-31(38,39)46-29(34,35)18-43-26(40)6-3/h6,10-16H,3-5,7-9,17-18H2,1-2H3. The Morgan fingerprint density at radius 2 is 1.49 bits per heavy atom. The normalized spacial score (nSPS) is 12.7. The Balaban J connectivity index is 1.68. The van der Waals surface area contributed by atoms with E-state index in [9.17, 15) is 44.7 Å². The van der Waals surface area contributed by atoms with E-state index in [4.69, 9.17) is 9.15 Å². The summed E-state index contributed by atoms with van der Waals surface area (Å²) in [4.78, 5) is 23.7. The number of hydrogen-bond donors (Lipinski definition) is 0. The summed E-state index contributed by atoms with van der Waals surface area (Å²) in [5, 5.41) is 0.363. The molecule has 0 radical (unpaired) electrons. The molecule has 1 heterocycles. The van der Waals surface area contributed by atoms with Crippen LogP contribution in [-0.4, -0.2) is 44.0 Å². The molecule has 47 heavy (non-hydrogen) atoms. The molecular weight excluding hydrogens is 652 g/mol. The Morgan fingerprint density at radius 3 is 2.11 bits per heavy atom. The summed E-state index contributed by atoms with van der Waals surface area (Å²) in [6.07, 6.45) is -16.8. The molecule has 1 aromatic heterocycles. The summed E-state index contributed by atoms with van der Waals surface area (Å²) in [5.41, 5.74) is 2.09. The third-order valence-corrected chi connectivity index (χ3v) is 6.35. The molecule has 3 aromatic rings. The van der Waals surface area contributed by atoms with Crippen LogP contribution in [0.4, 0.5) is 35.1 Å². The summed E-state index contributed by atoms with van der Waals surface area (Å²) in [6.45, 7) is 2.71. The first-order valence-electron chi connectivity index (χ1n) is 14.1. The minimum absolute atomic E-state index is 0.111. The monoisotopic (exact) mass is 682 g/mol. The Morgan fingerprint density at radius 1 is 0.830 bits per heavy atom. The molecule has 16 heteroatoms. The molecule has 0 unspecified atom stereocenters. The first-order valence-corrected chi connectivity index (χ1v) is 14.1. The van der Waals surface area contributed by atoms with Crippen LogP contribution in [0.25, 0.3) is 22.1 Å². The van der Waals surface area contributed by atoms with Crippen LogP contribution in [0.15, 0.2) is 64.3 Å². The number of carbonyl (C=O) groups excluding carboxylic acids is 1. The maximum absolute atomic E-state index is 14.1. The number of unbranched alkanes of at least 4 members (excludes halogenated alkanes) is 2. The minimum atomic E-state index is -5.91. The molecule has 0 N–H and O–H groups in total. The van der Waals surface area contributed by atoms with Gasteiger partial charge in [-0.2, -0.15) is 17.6 Å². The lowest BCUT2D eigenvalue weighted by atomic mass is 9.94. The van der Waals surface area contributed by atoms with Crippen molar-refractivity contribution >= 4 is 16.9 Å². The highest BCUT2D eigenvalue weighted by Crippen LogP contribution is 2.37. The molecule has 3 rings (SSSR count). The zero-order valence-electron chi connectivity index (χ0n) is 25.1. The number of aryl methyl sites for hydroxylation is 2. The van der Waals surface area contributed by atoms with Gasteiger partial charge in [0.2, 0.25) is 0 Å². The fourth-order valence-electron chi connectivity index (χ4n) is 4.27. The highest BCUT2D eigenvalue weighted by molar-refractivity contribution is 5.83. The fraction of sp³-hybridized carbons (Fsp3) is 0.419. The van der Waals surface area contributed by atoms with Crippen molar-refractivity contribution in [1.29, 1.82) is 0 Å². The molecular formula is C31H30F8O8. The fourth-order valence-corrected chi connectivity index (χ4v) is 4.27. The second-order valence-electron chi connectivity index (χ2n) is 10.1. The Kier molecular flexibility index (Phi) is 12.2. The number of hydrogen-bond acceptors (Lipinski definition) is 8. The molecule has 0 aliphatic heterocycles. The van der Waals surface area contributed by atoms with Crippen LogP contribution in [0, 0.1) is 0 Å². The molecule has 0 spiro atoms. The zero-order chi connectivity index (χ0) is 35.0. The summed E-state index contributed by atoms with van der Waals surface area (Å²) in [5.74, 6) is -1.91. The van der Waals surface area contributed by atoms with Crippen LogP contribution in [0.5, 0.6) is 5.75 Å². The SMILES string of the molecule is C=CC(=O)OCC(F)(F)OC(F)(F)OC(F)(F)OC(F)(F)COc1ccc2cc(-c3ccc(CCCCC)cc3CC)c(=O)oc2c1. The van der Waals surface area contributed by atoms with E-state index >= 15 is 0 Å². The number of carbonyl (C=O) groups is 1. The van der Waals surface area contributed by atoms with Gasteiger partial charge >= 0.3 is 36.4 Å². The van der Waals surface area contributed by atoms with Gasteiger partial charge in [-0.05, 0) is 54.2 Å². The van der Waals surface area contributed by atoms with Gasteiger partial charge in [-0.3, -0.25) is 0 Å². The number of alkyl halides is 8. The van der Waals surface area contributed by atoms with Gasteiger partial charge in [0.15, 0.2) is 13.2 Å². The second-order valence-corrected chi connectivity index (χ2v) is 10.1. The van der Waals surface area contributed by atoms with Crippen molar-refractivity contribution in [3.8, 4) is 16.9 Å². The molecule has 0 bridgehead atoms. The van der Waals surface area contributed by atoms with Gasteiger partial charge in [0.1, 0.15) is 11.3 Å². The molecule has 0 aliphatic rings. The second kappa shape index (κ2) is 15.3. The van der Waals surface area contributed by atoms with E-state index in [1.165, 1.54) is 12.1 Å². The van der Waals surface area contributed by atoms with E-state index in [1.54, 1.807) is 0 Å². The van der Waals surface area contributed by atoms with E-state index in [-0.39, 0.29) is 11.1 Å². The lowest BCUT2D eigenvalue weighted by molar-refractivity contribution is -0.574. The quantitative estimate of drug-likeness (QED) is 0.0331. The number of ether oxygens (including phenoxy) is 5. The Labute approximate surface area is 262 Å². The van der Waals surface area contributed by atoms with Gasteiger partial charge < -0.3 is 13.9 Å². The number of esters is 1. The summed E-state index contributed by atoms with van der Waals surface area (Å²) < 4.78 is 132. The van der Waals surface area contributed by atoms with Gasteiger partial charge in [-0.15, -0.1) is 17.6 Å². The van der Waals surface area contributed by atoms with Crippen molar-refractivity contribution in [2.24, 2.45) is 0 Å². The highest BCUT2D eigenvalue weighted by Gasteiger charge is 2.57. The average Bonchev–Trinajstić information content (AvgIpc) is 2.96.